The van der Waals surface area contributed by atoms with Gasteiger partial charge in [0.1, 0.15) is 0 Å². The predicted molar refractivity (Wildman–Crippen MR) is 200 cm³/mol. The Hall–Kier alpha value is -4.99. The molecule has 0 bridgehead atoms. The monoisotopic (exact) mass is 602 g/mol. The van der Waals surface area contributed by atoms with Gasteiger partial charge >= 0.3 is 0 Å². The minimum absolute atomic E-state index is 0.773. The Labute approximate surface area is 271 Å². The fourth-order valence-electron chi connectivity index (χ4n) is 5.72. The van der Waals surface area contributed by atoms with Gasteiger partial charge < -0.3 is 10.6 Å². The molecule has 0 amide bonds. The van der Waals surface area contributed by atoms with Crippen molar-refractivity contribution in [1.82, 2.24) is 0 Å². The van der Waals surface area contributed by atoms with Crippen LogP contribution in [0, 0.1) is 0 Å². The summed E-state index contributed by atoms with van der Waals surface area (Å²) in [6, 6.07) is 27.9. The van der Waals surface area contributed by atoms with Gasteiger partial charge in [-0.2, -0.15) is 0 Å². The summed E-state index contributed by atoms with van der Waals surface area (Å²) in [5.41, 5.74) is 17.0. The van der Waals surface area contributed by atoms with Crippen molar-refractivity contribution in [2.24, 2.45) is 0 Å². The number of benzene rings is 4. The van der Waals surface area contributed by atoms with Crippen LogP contribution in [-0.4, -0.2) is 0 Å². The molecule has 0 saturated carbocycles. The van der Waals surface area contributed by atoms with Gasteiger partial charge in [0.2, 0.25) is 0 Å². The van der Waals surface area contributed by atoms with Gasteiger partial charge in [-0.25, -0.2) is 0 Å². The molecule has 0 saturated heterocycles. The van der Waals surface area contributed by atoms with Gasteiger partial charge in [-0.1, -0.05) is 116 Å². The van der Waals surface area contributed by atoms with Gasteiger partial charge in [0, 0.05) is 39.3 Å². The van der Waals surface area contributed by atoms with E-state index < -0.39 is 0 Å². The largest absolute Gasteiger partial charge is 0.398 e. The Kier molecular flexibility index (Phi) is 9.48. The van der Waals surface area contributed by atoms with E-state index in [1.54, 1.807) is 11.8 Å². The molecular weight excluding hydrogens is 565 g/mol. The van der Waals surface area contributed by atoms with Crippen molar-refractivity contribution in [3.63, 3.8) is 0 Å². The van der Waals surface area contributed by atoms with E-state index >= 15 is 0 Å². The van der Waals surface area contributed by atoms with Crippen LogP contribution in [0.1, 0.15) is 40.7 Å². The number of nitrogen functional groups attached to an aromatic ring is 1. The maximum Gasteiger partial charge on any atom is 0.0467 e. The van der Waals surface area contributed by atoms with Crippen LogP contribution < -0.4 is 10.6 Å². The molecule has 2 aliphatic rings. The molecular formula is C42H38N2S. The molecule has 3 heteroatoms. The third-order valence-corrected chi connectivity index (χ3v) is 9.14. The van der Waals surface area contributed by atoms with Crippen molar-refractivity contribution >= 4 is 51.6 Å². The zero-order valence-corrected chi connectivity index (χ0v) is 26.3. The third-order valence-electron chi connectivity index (χ3n) is 8.16. The maximum atomic E-state index is 6.68. The van der Waals surface area contributed by atoms with E-state index in [9.17, 15) is 0 Å². The maximum absolute atomic E-state index is 6.68. The number of anilines is 2. The van der Waals surface area contributed by atoms with Crippen molar-refractivity contribution in [3.05, 3.63) is 185 Å². The van der Waals surface area contributed by atoms with Crippen LogP contribution in [0.3, 0.4) is 0 Å². The fraction of sp³-hybridized carbons (Fsp3) is 0.0952. The molecule has 4 aromatic rings. The number of allylic oxidation sites excluding steroid dienone is 9. The highest BCUT2D eigenvalue weighted by atomic mass is 32.2. The van der Waals surface area contributed by atoms with E-state index in [-0.39, 0.29) is 0 Å². The summed E-state index contributed by atoms with van der Waals surface area (Å²) >= 11 is 1.73. The van der Waals surface area contributed by atoms with Crippen LogP contribution in [0.4, 0.5) is 11.4 Å². The van der Waals surface area contributed by atoms with Crippen LogP contribution in [-0.2, 0) is 12.2 Å². The Bertz CT molecular complexity index is 1920. The van der Waals surface area contributed by atoms with E-state index in [1.165, 1.54) is 28.1 Å². The molecule has 0 fully saturated rings. The number of aryl methyl sites for hydroxylation is 1. The molecule has 2 N–H and O–H groups in total. The van der Waals surface area contributed by atoms with Crippen molar-refractivity contribution in [2.75, 3.05) is 10.6 Å². The minimum Gasteiger partial charge on any atom is -0.398 e. The molecule has 0 aromatic heterocycles. The first-order valence-corrected chi connectivity index (χ1v) is 16.4. The molecule has 0 aliphatic heterocycles. The second-order valence-corrected chi connectivity index (χ2v) is 12.3. The number of hydrogen-bond donors (Lipinski definition) is 1. The van der Waals surface area contributed by atoms with Gasteiger partial charge in [-0.15, -0.1) is 11.8 Å². The Balaban J connectivity index is 1.23. The standard InChI is InChI=1S/C42H38N2S/c1-3-11-33(26-27-44(39-16-9-10-17-39)40-24-22-34-14-7-8-15-36(34)29-40)37-23-25-41-38(28-37)21-20-35(42(41)43)19-18-31(2)45-30-32-12-5-4-6-13-32/h3-7,9,11-14,16-29H,1-2,8,10,15,30,43H2/b19-18-,27-26-,33-11+. The number of nitrogens with zero attached hydrogens (tertiary/aromatic N) is 1. The molecule has 45 heavy (non-hydrogen) atoms. The summed E-state index contributed by atoms with van der Waals surface area (Å²) in [5, 5.41) is 2.14. The number of thioether (sulfide) groups is 1. The van der Waals surface area contributed by atoms with Crippen LogP contribution in [0.5, 0.6) is 0 Å². The predicted octanol–water partition coefficient (Wildman–Crippen LogP) is 11.3. The third kappa shape index (κ3) is 7.22. The Morgan fingerprint density at radius 3 is 2.64 bits per heavy atom. The lowest BCUT2D eigenvalue weighted by molar-refractivity contribution is 0.983. The Morgan fingerprint density at radius 1 is 0.933 bits per heavy atom. The summed E-state index contributed by atoms with van der Waals surface area (Å²) in [6.45, 7) is 8.22. The molecule has 2 aliphatic carbocycles. The van der Waals surface area contributed by atoms with Gasteiger partial charge in [0.05, 0.1) is 0 Å². The summed E-state index contributed by atoms with van der Waals surface area (Å²) in [6.07, 6.45) is 26.6. The zero-order valence-electron chi connectivity index (χ0n) is 25.5. The first-order chi connectivity index (χ1) is 22.1. The van der Waals surface area contributed by atoms with Crippen molar-refractivity contribution < 1.29 is 0 Å². The zero-order chi connectivity index (χ0) is 31.0. The van der Waals surface area contributed by atoms with Gasteiger partial charge in [-0.3, -0.25) is 0 Å². The molecule has 0 atom stereocenters. The summed E-state index contributed by atoms with van der Waals surface area (Å²) in [7, 11) is 0. The van der Waals surface area contributed by atoms with Crippen LogP contribution in [0.2, 0.25) is 0 Å². The molecule has 4 aromatic carbocycles. The van der Waals surface area contributed by atoms with E-state index in [0.717, 1.165) is 63.1 Å². The molecule has 0 radical (unpaired) electrons. The topological polar surface area (TPSA) is 29.3 Å². The molecule has 6 rings (SSSR count). The van der Waals surface area contributed by atoms with Crippen molar-refractivity contribution in [1.29, 1.82) is 0 Å². The first kappa shape index (κ1) is 30.1. The Morgan fingerprint density at radius 2 is 1.82 bits per heavy atom. The first-order valence-electron chi connectivity index (χ1n) is 15.4. The van der Waals surface area contributed by atoms with Crippen molar-refractivity contribution in [2.45, 2.75) is 25.0 Å². The average molecular weight is 603 g/mol. The molecule has 222 valence electrons. The number of fused-ring (bicyclic) bond motifs is 2. The molecule has 2 nitrogen and oxygen atoms in total. The normalized spacial score (nSPS) is 14.3. The minimum atomic E-state index is 0.773. The average Bonchev–Trinajstić information content (AvgIpc) is 3.62. The smallest absolute Gasteiger partial charge is 0.0467 e. The fourth-order valence-corrected chi connectivity index (χ4v) is 6.43. The SMILES string of the molecule is C=C/C=C(\C=C/N(C1=CCC=C1)c1ccc2c(c1)CCC=C2)c1ccc2c(N)c(/C=C\C(=C)SCc3ccccc3)ccc2c1. The van der Waals surface area contributed by atoms with Gasteiger partial charge in [-0.05, 0) is 94.5 Å². The van der Waals surface area contributed by atoms with Crippen LogP contribution in [0.15, 0.2) is 157 Å². The van der Waals surface area contributed by atoms with Crippen molar-refractivity contribution in [3.8, 4) is 0 Å². The highest BCUT2D eigenvalue weighted by molar-refractivity contribution is 8.02. The quantitative estimate of drug-likeness (QED) is 0.137. The second-order valence-electron chi connectivity index (χ2n) is 11.2. The molecule has 0 spiro atoms. The molecule has 0 heterocycles. The van der Waals surface area contributed by atoms with Gasteiger partial charge in [0.15, 0.2) is 0 Å². The summed E-state index contributed by atoms with van der Waals surface area (Å²) < 4.78 is 0. The number of nitrogens with two attached hydrogens (primary N) is 1. The van der Waals surface area contributed by atoms with E-state index in [0.29, 0.717) is 0 Å². The second kappa shape index (κ2) is 14.2. The van der Waals surface area contributed by atoms with E-state index in [4.69, 9.17) is 5.73 Å². The van der Waals surface area contributed by atoms with E-state index in [2.05, 4.69) is 152 Å². The van der Waals surface area contributed by atoms with E-state index in [1.807, 2.05) is 12.1 Å². The lowest BCUT2D eigenvalue weighted by atomic mass is 9.96. The lowest BCUT2D eigenvalue weighted by Gasteiger charge is -2.23. The number of hydrogen-bond acceptors (Lipinski definition) is 3. The molecule has 0 unspecified atom stereocenters. The highest BCUT2D eigenvalue weighted by Gasteiger charge is 2.13. The summed E-state index contributed by atoms with van der Waals surface area (Å²) in [5.74, 6) is 0.895. The van der Waals surface area contributed by atoms with Crippen LogP contribution >= 0.6 is 11.8 Å². The lowest BCUT2D eigenvalue weighted by Crippen LogP contribution is -2.14. The van der Waals surface area contributed by atoms with Crippen LogP contribution in [0.25, 0.3) is 28.5 Å². The van der Waals surface area contributed by atoms with Gasteiger partial charge in [0.25, 0.3) is 0 Å². The number of rotatable bonds is 11. The summed E-state index contributed by atoms with van der Waals surface area (Å²) in [4.78, 5) is 3.28. The highest BCUT2D eigenvalue weighted by Crippen LogP contribution is 2.32.